The van der Waals surface area contributed by atoms with Crippen LogP contribution >= 0.6 is 0 Å². The van der Waals surface area contributed by atoms with Crippen LogP contribution in [0.15, 0.2) is 0 Å². The van der Waals surface area contributed by atoms with E-state index in [2.05, 4.69) is 0 Å². The minimum absolute atomic E-state index is 0.0273. The highest BCUT2D eigenvalue weighted by Crippen LogP contribution is 2.28. The molecule has 0 radical (unpaired) electrons. The van der Waals surface area contributed by atoms with Gasteiger partial charge in [0.05, 0.1) is 78.8 Å². The number of ether oxygens (including phenoxy) is 9. The maximum atomic E-state index is 11.0. The fraction of sp³-hybridized carbons (Fsp3) is 1.00. The van der Waals surface area contributed by atoms with Gasteiger partial charge in [-0.15, -0.1) is 0 Å². The Labute approximate surface area is 257 Å². The smallest absolute Gasteiger partial charge is 0.115 e. The zero-order valence-corrected chi connectivity index (χ0v) is 25.5. The van der Waals surface area contributed by atoms with Crippen LogP contribution in [0.5, 0.6) is 0 Å². The molecule has 8 N–H and O–H groups in total. The van der Waals surface area contributed by atoms with Crippen LogP contribution in [0.2, 0.25) is 0 Å². The Morgan fingerprint density at radius 1 is 0.409 bits per heavy atom. The quantitative estimate of drug-likeness (QED) is 0.0513. The van der Waals surface area contributed by atoms with Crippen LogP contribution in [0.1, 0.15) is 6.92 Å². The average Bonchev–Trinajstić information content (AvgIpc) is 3.00. The van der Waals surface area contributed by atoms with Crippen LogP contribution in [-0.2, 0) is 42.6 Å². The summed E-state index contributed by atoms with van der Waals surface area (Å²) in [4.78, 5) is 0. The summed E-state index contributed by atoms with van der Waals surface area (Å²) in [6, 6.07) is 0. The van der Waals surface area contributed by atoms with E-state index in [4.69, 9.17) is 42.6 Å². The van der Waals surface area contributed by atoms with Crippen molar-refractivity contribution in [2.45, 2.75) is 86.3 Å². The first kappa shape index (κ1) is 39.5. The third-order valence-corrected chi connectivity index (χ3v) is 7.35. The van der Waals surface area contributed by atoms with Crippen molar-refractivity contribution in [1.29, 1.82) is 0 Å². The first-order valence-electron chi connectivity index (χ1n) is 14.7. The molecule has 0 heterocycles. The third kappa shape index (κ3) is 11.8. The Kier molecular flexibility index (Phi) is 19.1. The van der Waals surface area contributed by atoms with Crippen molar-refractivity contribution in [3.8, 4) is 0 Å². The Morgan fingerprint density at radius 2 is 0.750 bits per heavy atom. The molecule has 2 aliphatic rings. The number of hydrogen-bond donors (Lipinski definition) is 8. The lowest BCUT2D eigenvalue weighted by atomic mass is 9.84. The Bertz CT molecular complexity index is 690. The molecule has 0 amide bonds. The molecule has 262 valence electrons. The van der Waals surface area contributed by atoms with Gasteiger partial charge in [0.2, 0.25) is 0 Å². The summed E-state index contributed by atoms with van der Waals surface area (Å²) in [6.07, 6.45) is -18.2. The molecular formula is C27H52O17. The summed E-state index contributed by atoms with van der Waals surface area (Å²) in [7, 11) is 3.09. The first-order valence-corrected chi connectivity index (χ1v) is 14.7. The van der Waals surface area contributed by atoms with Crippen molar-refractivity contribution in [3.63, 3.8) is 0 Å². The Hall–Kier alpha value is -0.680. The molecule has 0 bridgehead atoms. The van der Waals surface area contributed by atoms with E-state index >= 15 is 0 Å². The molecule has 0 spiro atoms. The average molecular weight is 649 g/mol. The van der Waals surface area contributed by atoms with Gasteiger partial charge in [-0.25, -0.2) is 0 Å². The lowest BCUT2D eigenvalue weighted by molar-refractivity contribution is -0.260. The number of aliphatic hydroxyl groups is 8. The van der Waals surface area contributed by atoms with Crippen LogP contribution in [0, 0.1) is 0 Å². The van der Waals surface area contributed by atoms with Gasteiger partial charge in [0, 0.05) is 14.2 Å². The van der Waals surface area contributed by atoms with Gasteiger partial charge in [0.15, 0.2) is 0 Å². The van der Waals surface area contributed by atoms with Crippen molar-refractivity contribution < 1.29 is 83.5 Å². The van der Waals surface area contributed by atoms with E-state index in [0.717, 1.165) is 0 Å². The second-order valence-electron chi connectivity index (χ2n) is 10.6. The highest BCUT2D eigenvalue weighted by molar-refractivity contribution is 5.01. The zero-order chi connectivity index (χ0) is 32.6. The molecule has 0 aromatic carbocycles. The van der Waals surface area contributed by atoms with Gasteiger partial charge in [-0.2, -0.15) is 0 Å². The fourth-order valence-electron chi connectivity index (χ4n) is 4.86. The summed E-state index contributed by atoms with van der Waals surface area (Å²) in [5, 5.41) is 82.4. The summed E-state index contributed by atoms with van der Waals surface area (Å²) in [5.41, 5.74) is 0. The van der Waals surface area contributed by atoms with E-state index in [1.807, 2.05) is 0 Å². The van der Waals surface area contributed by atoms with E-state index in [-0.39, 0.29) is 46.2 Å². The maximum absolute atomic E-state index is 11.0. The minimum atomic E-state index is -1.73. The molecule has 2 fully saturated rings. The molecule has 17 nitrogen and oxygen atoms in total. The predicted octanol–water partition coefficient (Wildman–Crippen LogP) is -4.83. The van der Waals surface area contributed by atoms with E-state index in [1.165, 1.54) is 0 Å². The van der Waals surface area contributed by atoms with E-state index < -0.39 is 79.4 Å². The van der Waals surface area contributed by atoms with Crippen LogP contribution < -0.4 is 0 Å². The molecule has 0 aliphatic heterocycles. The summed E-state index contributed by atoms with van der Waals surface area (Å²) >= 11 is 0. The zero-order valence-electron chi connectivity index (χ0n) is 25.5. The van der Waals surface area contributed by atoms with E-state index in [0.29, 0.717) is 26.4 Å². The topological polar surface area (TPSA) is 245 Å². The molecule has 0 aromatic rings. The molecule has 2 aliphatic carbocycles. The van der Waals surface area contributed by atoms with Crippen molar-refractivity contribution in [1.82, 2.24) is 0 Å². The summed E-state index contributed by atoms with van der Waals surface area (Å²) < 4.78 is 48.8. The minimum Gasteiger partial charge on any atom is -0.387 e. The van der Waals surface area contributed by atoms with Gasteiger partial charge >= 0.3 is 0 Å². The summed E-state index contributed by atoms with van der Waals surface area (Å²) in [5.74, 6) is 0. The molecule has 0 saturated heterocycles. The molecule has 0 unspecified atom stereocenters. The van der Waals surface area contributed by atoms with Crippen molar-refractivity contribution in [2.75, 3.05) is 86.9 Å². The van der Waals surface area contributed by atoms with Crippen LogP contribution in [0.3, 0.4) is 0 Å². The Balaban J connectivity index is 1.87. The molecule has 2 rings (SSSR count). The number of methoxy groups -OCH3 is 2. The monoisotopic (exact) mass is 648 g/mol. The fourth-order valence-corrected chi connectivity index (χ4v) is 4.86. The third-order valence-electron chi connectivity index (χ3n) is 7.35. The number of aliphatic hydroxyl groups excluding tert-OH is 8. The first-order chi connectivity index (χ1) is 21.1. The van der Waals surface area contributed by atoms with Crippen molar-refractivity contribution in [2.24, 2.45) is 0 Å². The highest BCUT2D eigenvalue weighted by Gasteiger charge is 2.51. The van der Waals surface area contributed by atoms with Crippen LogP contribution in [-0.4, -0.2) is 207 Å². The van der Waals surface area contributed by atoms with E-state index in [9.17, 15) is 40.9 Å². The standard InChI is InChI=1S/C27H52O17/c1-15(14-44-24-19(31)17(29)16(28)18(30)20(24)32)40-12-13-43-27-22(34)25(41-10-8-38-6-4-36-2)21(33)26(23(27)35)42-11-9-39-7-5-37-3/h15-35H,4-14H2,1-3H3/t15-,16-,17-,18+,19+,20-,21-,22+,23-,24+,25-,26+,27+/m0/s1. The number of hydrogen-bond acceptors (Lipinski definition) is 17. The lowest BCUT2D eigenvalue weighted by Gasteiger charge is -2.45. The van der Waals surface area contributed by atoms with Gasteiger partial charge in [0.25, 0.3) is 0 Å². The predicted molar refractivity (Wildman–Crippen MR) is 148 cm³/mol. The molecule has 17 heteroatoms. The van der Waals surface area contributed by atoms with Crippen molar-refractivity contribution in [3.05, 3.63) is 0 Å². The Morgan fingerprint density at radius 3 is 1.16 bits per heavy atom. The van der Waals surface area contributed by atoms with Crippen molar-refractivity contribution >= 4 is 0 Å². The lowest BCUT2D eigenvalue weighted by Crippen LogP contribution is -2.66. The highest BCUT2D eigenvalue weighted by atomic mass is 16.6. The summed E-state index contributed by atoms with van der Waals surface area (Å²) in [6.45, 7) is 3.24. The molecule has 0 aromatic heterocycles. The largest absolute Gasteiger partial charge is 0.387 e. The second kappa shape index (κ2) is 21.2. The van der Waals surface area contributed by atoms with Crippen LogP contribution in [0.25, 0.3) is 0 Å². The molecule has 2 saturated carbocycles. The molecule has 13 atom stereocenters. The van der Waals surface area contributed by atoms with Gasteiger partial charge in [-0.05, 0) is 6.92 Å². The normalized spacial score (nSPS) is 36.9. The van der Waals surface area contributed by atoms with Crippen LogP contribution in [0.4, 0.5) is 0 Å². The SMILES string of the molecule is COCCOCCO[C@@H]1[C@@H](O)[C@H](OCCOCCOC)[C@@H](O)[C@@H](OCCO[C@@H](C)CO[C@@H]2[C@H](O)[C@@H](O)[C@H](O)[C@@H](O)[C@@H]2O)[C@H]1O. The second-order valence-corrected chi connectivity index (χ2v) is 10.6. The van der Waals surface area contributed by atoms with E-state index in [1.54, 1.807) is 21.1 Å². The maximum Gasteiger partial charge on any atom is 0.115 e. The van der Waals surface area contributed by atoms with Gasteiger partial charge in [-0.3, -0.25) is 0 Å². The molecule has 44 heavy (non-hydrogen) atoms. The van der Waals surface area contributed by atoms with Gasteiger partial charge < -0.3 is 83.5 Å². The van der Waals surface area contributed by atoms with Gasteiger partial charge in [0.1, 0.15) is 73.2 Å². The number of rotatable bonds is 22. The van der Waals surface area contributed by atoms with Gasteiger partial charge in [-0.1, -0.05) is 0 Å². The molecular weight excluding hydrogens is 596 g/mol.